The first kappa shape index (κ1) is 88.9. The maximum Gasteiger partial charge on any atom is 0.220 e. The van der Waals surface area contributed by atoms with Crippen LogP contribution in [-0.2, 0) is 33.2 Å². The summed E-state index contributed by atoms with van der Waals surface area (Å²) >= 11 is 0. The van der Waals surface area contributed by atoms with Crippen molar-refractivity contribution in [1.82, 2.24) is 5.32 Å². The Morgan fingerprint density at radius 2 is 0.714 bits per heavy atom. The number of carbonyl (C=O) groups is 1. The molecule has 3 aliphatic rings. The summed E-state index contributed by atoms with van der Waals surface area (Å²) in [5, 5.41) is 120. The standard InChI is InChI=1S/C79H137NO18/c1-3-5-7-9-11-13-15-17-18-19-20-21-22-23-24-25-26-27-28-29-30-31-32-33-34-35-36-37-38-39-40-41-42-43-44-45-47-49-51-53-55-57-67(85)80-62(63(84)56-54-52-50-48-46-16-14-12-10-8-6-4-2)61-93-77-73(91)70(88)75(65(59-82)95-77)98-79-74(92)71(89)76(66(60-83)96-79)97-78-72(90)69(87)68(86)64(58-81)94-78/h5,7,11,13,17-18,20-21,23-24,26-27,46,48,54,56,62-66,68-79,81-84,86-92H,3-4,6,8-10,12,14-16,19,22,25,28-45,47,49-53,55,57-61H2,1-2H3,(H,80,85)/b7-5-,13-11-,18-17-,21-20-,24-23-,27-26-,48-46+,56-54+. The second-order valence-electron chi connectivity index (χ2n) is 27.1. The number of amides is 1. The zero-order chi connectivity index (χ0) is 71.1. The van der Waals surface area contributed by atoms with Crippen molar-refractivity contribution in [3.8, 4) is 0 Å². The normalized spacial score (nSPS) is 27.3. The zero-order valence-electron chi connectivity index (χ0n) is 60.2. The van der Waals surface area contributed by atoms with Gasteiger partial charge < -0.3 is 89.9 Å². The number of hydrogen-bond donors (Lipinski definition) is 12. The van der Waals surface area contributed by atoms with E-state index in [1.54, 1.807) is 6.08 Å². The van der Waals surface area contributed by atoms with E-state index in [1.807, 2.05) is 6.08 Å². The van der Waals surface area contributed by atoms with Gasteiger partial charge in [-0.1, -0.05) is 272 Å². The molecule has 3 fully saturated rings. The van der Waals surface area contributed by atoms with Crippen molar-refractivity contribution in [2.75, 3.05) is 26.4 Å². The second kappa shape index (κ2) is 59.1. The molecule has 3 saturated heterocycles. The lowest BCUT2D eigenvalue weighted by Crippen LogP contribution is -2.66. The lowest BCUT2D eigenvalue weighted by atomic mass is 9.96. The first-order valence-electron chi connectivity index (χ1n) is 38.5. The van der Waals surface area contributed by atoms with Crippen LogP contribution in [0.25, 0.3) is 0 Å². The largest absolute Gasteiger partial charge is 0.394 e. The van der Waals surface area contributed by atoms with Gasteiger partial charge in [-0.15, -0.1) is 0 Å². The highest BCUT2D eigenvalue weighted by Crippen LogP contribution is 2.33. The molecule has 0 saturated carbocycles. The molecule has 0 aliphatic carbocycles. The van der Waals surface area contributed by atoms with Crippen LogP contribution in [0.1, 0.15) is 264 Å². The van der Waals surface area contributed by atoms with E-state index in [4.69, 9.17) is 28.4 Å². The lowest BCUT2D eigenvalue weighted by Gasteiger charge is -2.48. The van der Waals surface area contributed by atoms with E-state index in [-0.39, 0.29) is 18.9 Å². The molecule has 19 heteroatoms. The maximum atomic E-state index is 13.4. The molecule has 17 unspecified atom stereocenters. The van der Waals surface area contributed by atoms with Crippen LogP contribution in [0.3, 0.4) is 0 Å². The predicted octanol–water partition coefficient (Wildman–Crippen LogP) is 12.0. The van der Waals surface area contributed by atoms with Crippen molar-refractivity contribution in [2.45, 2.75) is 369 Å². The molecule has 0 aromatic rings. The van der Waals surface area contributed by atoms with E-state index in [1.165, 1.54) is 154 Å². The van der Waals surface area contributed by atoms with Gasteiger partial charge in [0.15, 0.2) is 18.9 Å². The van der Waals surface area contributed by atoms with Gasteiger partial charge in [0, 0.05) is 6.42 Å². The third-order valence-electron chi connectivity index (χ3n) is 18.6. The highest BCUT2D eigenvalue weighted by molar-refractivity contribution is 5.76. The smallest absolute Gasteiger partial charge is 0.220 e. The molecule has 3 heterocycles. The summed E-state index contributed by atoms with van der Waals surface area (Å²) in [6.45, 7) is 1.58. The van der Waals surface area contributed by atoms with E-state index < -0.39 is 124 Å². The van der Waals surface area contributed by atoms with E-state index >= 15 is 0 Å². The molecule has 0 radical (unpaired) electrons. The number of rotatable bonds is 59. The Labute approximate surface area is 590 Å². The number of carbonyl (C=O) groups excluding carboxylic acids is 1. The molecule has 98 heavy (non-hydrogen) atoms. The average molecular weight is 1390 g/mol. The van der Waals surface area contributed by atoms with Gasteiger partial charge in [0.1, 0.15) is 73.2 Å². The van der Waals surface area contributed by atoms with E-state index in [0.29, 0.717) is 12.8 Å². The summed E-state index contributed by atoms with van der Waals surface area (Å²) in [5.74, 6) is -0.286. The Bertz CT molecular complexity index is 2150. The van der Waals surface area contributed by atoms with Gasteiger partial charge in [-0.05, 0) is 83.5 Å². The van der Waals surface area contributed by atoms with Gasteiger partial charge in [0.2, 0.25) is 5.91 Å². The van der Waals surface area contributed by atoms with Crippen molar-refractivity contribution in [2.24, 2.45) is 0 Å². The molecule has 0 aromatic heterocycles. The molecule has 0 aromatic carbocycles. The minimum absolute atomic E-state index is 0.235. The van der Waals surface area contributed by atoms with Crippen molar-refractivity contribution in [3.63, 3.8) is 0 Å². The molecule has 0 spiro atoms. The van der Waals surface area contributed by atoms with Crippen molar-refractivity contribution in [3.05, 3.63) is 97.2 Å². The van der Waals surface area contributed by atoms with Crippen LogP contribution in [0.15, 0.2) is 97.2 Å². The van der Waals surface area contributed by atoms with Gasteiger partial charge >= 0.3 is 0 Å². The van der Waals surface area contributed by atoms with Gasteiger partial charge in [-0.3, -0.25) is 4.79 Å². The van der Waals surface area contributed by atoms with Crippen LogP contribution in [0.2, 0.25) is 0 Å². The minimum Gasteiger partial charge on any atom is -0.394 e. The van der Waals surface area contributed by atoms with Crippen LogP contribution < -0.4 is 5.32 Å². The van der Waals surface area contributed by atoms with Crippen molar-refractivity contribution in [1.29, 1.82) is 0 Å². The van der Waals surface area contributed by atoms with E-state index in [2.05, 4.69) is 104 Å². The lowest BCUT2D eigenvalue weighted by molar-refractivity contribution is -0.379. The van der Waals surface area contributed by atoms with Crippen LogP contribution in [0.5, 0.6) is 0 Å². The molecular weight excluding hydrogens is 1250 g/mol. The number of aliphatic hydroxyl groups excluding tert-OH is 11. The molecule has 19 nitrogen and oxygen atoms in total. The van der Waals surface area contributed by atoms with Crippen LogP contribution in [-0.4, -0.2) is 193 Å². The fraction of sp³-hybridized carbons (Fsp3) is 0.785. The van der Waals surface area contributed by atoms with Crippen LogP contribution >= 0.6 is 0 Å². The van der Waals surface area contributed by atoms with Gasteiger partial charge in [0.25, 0.3) is 0 Å². The third kappa shape index (κ3) is 39.4. The molecule has 0 bridgehead atoms. The second-order valence-corrected chi connectivity index (χ2v) is 27.1. The summed E-state index contributed by atoms with van der Waals surface area (Å²) in [5.41, 5.74) is 0. The molecule has 3 aliphatic heterocycles. The quantitative estimate of drug-likeness (QED) is 0.0199. The number of allylic oxidation sites excluding steroid dienone is 15. The summed E-state index contributed by atoms with van der Waals surface area (Å²) in [4.78, 5) is 13.4. The number of ether oxygens (including phenoxy) is 6. The number of nitrogens with one attached hydrogen (secondary N) is 1. The molecule has 3 rings (SSSR count). The Kier molecular flexibility index (Phi) is 53.7. The highest BCUT2D eigenvalue weighted by Gasteiger charge is 2.53. The monoisotopic (exact) mass is 1390 g/mol. The molecule has 12 N–H and O–H groups in total. The molecule has 17 atom stereocenters. The van der Waals surface area contributed by atoms with Crippen molar-refractivity contribution >= 4 is 5.91 Å². The Hall–Kier alpha value is -3.29. The average Bonchev–Trinajstić information content (AvgIpc) is 0.785. The topological polar surface area (TPSA) is 307 Å². The molecule has 566 valence electrons. The van der Waals surface area contributed by atoms with Gasteiger partial charge in [-0.25, -0.2) is 0 Å². The van der Waals surface area contributed by atoms with E-state index in [9.17, 15) is 61.0 Å². The summed E-state index contributed by atoms with van der Waals surface area (Å²) in [6, 6.07) is -0.991. The Morgan fingerprint density at radius 1 is 0.378 bits per heavy atom. The van der Waals surface area contributed by atoms with Gasteiger partial charge in [0.05, 0.1) is 38.6 Å². The fourth-order valence-corrected chi connectivity index (χ4v) is 12.4. The van der Waals surface area contributed by atoms with E-state index in [0.717, 1.165) is 77.0 Å². The van der Waals surface area contributed by atoms with Crippen LogP contribution in [0, 0.1) is 0 Å². The Balaban J connectivity index is 1.28. The minimum atomic E-state index is -1.98. The summed E-state index contributed by atoms with van der Waals surface area (Å²) < 4.78 is 34.3. The third-order valence-corrected chi connectivity index (χ3v) is 18.6. The number of aliphatic hydroxyl groups is 11. The van der Waals surface area contributed by atoms with Crippen molar-refractivity contribution < 1.29 is 89.4 Å². The highest BCUT2D eigenvalue weighted by atomic mass is 16.8. The fourth-order valence-electron chi connectivity index (χ4n) is 12.4. The summed E-state index contributed by atoms with van der Waals surface area (Å²) in [7, 11) is 0. The van der Waals surface area contributed by atoms with Crippen LogP contribution in [0.4, 0.5) is 0 Å². The number of hydrogen-bond acceptors (Lipinski definition) is 18. The first-order chi connectivity index (χ1) is 47.8. The summed E-state index contributed by atoms with van der Waals surface area (Å²) in [6.07, 6.45) is 52.9. The SMILES string of the molecule is CC/C=C\C/C=C\C/C=C\C/C=C\C/C=C\C/C=C\CCCCCCCCCCCCCCCCCCCCCCCCC(=O)NC(COC1OC(CO)C(OC2OC(CO)C(OC3OC(CO)C(O)C(O)C3O)C(O)C2O)C(O)C1O)C(O)/C=C/CC/C=C/CCCCCCCC. The molecular formula is C79H137NO18. The maximum absolute atomic E-state index is 13.4. The Morgan fingerprint density at radius 3 is 1.14 bits per heavy atom. The molecule has 1 amide bonds. The van der Waals surface area contributed by atoms with Gasteiger partial charge in [-0.2, -0.15) is 0 Å². The zero-order valence-corrected chi connectivity index (χ0v) is 60.2. The number of unbranched alkanes of at least 4 members (excludes halogenated alkanes) is 29. The predicted molar refractivity (Wildman–Crippen MR) is 387 cm³/mol. The first-order valence-corrected chi connectivity index (χ1v) is 38.5.